The van der Waals surface area contributed by atoms with Crippen LogP contribution in [0.3, 0.4) is 0 Å². The van der Waals surface area contributed by atoms with Gasteiger partial charge in [-0.2, -0.15) is 52.7 Å². The minimum Gasteiger partial charge on any atom is -1.00 e. The first-order valence-electron chi connectivity index (χ1n) is 20.0. The molecule has 0 atom stereocenters. The Morgan fingerprint density at radius 3 is 1.05 bits per heavy atom. The molecule has 0 amide bonds. The summed E-state index contributed by atoms with van der Waals surface area (Å²) in [7, 11) is 0. The van der Waals surface area contributed by atoms with E-state index < -0.39 is 47.0 Å². The molecule has 0 unspecified atom stereocenters. The number of benzene rings is 4. The second-order valence-corrected chi connectivity index (χ2v) is 25.4. The van der Waals surface area contributed by atoms with E-state index in [-0.39, 0.29) is 53.5 Å². The van der Waals surface area contributed by atoms with Crippen LogP contribution in [0.1, 0.15) is 73.6 Å². The first-order valence-corrected chi connectivity index (χ1v) is 26.2. The molecule has 0 spiro atoms. The molecule has 0 heterocycles. The molecule has 0 radical (unpaired) electrons. The summed E-state index contributed by atoms with van der Waals surface area (Å²) < 4.78 is 159. The first kappa shape index (κ1) is 53.3. The zero-order valence-corrected chi connectivity index (χ0v) is 39.3. The molecule has 4 aromatic rings. The zero-order valence-electron chi connectivity index (χ0n) is 34.3. The molecule has 16 heteroatoms. The van der Waals surface area contributed by atoms with E-state index >= 15 is 0 Å². The topological polar surface area (TPSA) is 0 Å². The number of halogens is 14. The Labute approximate surface area is 390 Å². The molecule has 64 heavy (non-hydrogen) atoms. The van der Waals surface area contributed by atoms with Crippen LogP contribution in [0.2, 0.25) is 13.1 Å². The first-order chi connectivity index (χ1) is 29.0. The SMILES string of the molecule is C[Si](C)=[Zr+2].FC(F)(F)c1cc(-c2cccc3c2=CC(=CC2CCCC2)[C-]=3)cc(C(F)(F)F)c1.FC(F)(F)c1cc(-c2cccc3c2=CC(=CC2CCCC2)[C-]=3)cc(C(F)(F)F)c1.[Cl-].[Cl-]. The van der Waals surface area contributed by atoms with Crippen LogP contribution >= 0.6 is 0 Å². The Kier molecular flexibility index (Phi) is 17.9. The molecule has 0 saturated heterocycles. The van der Waals surface area contributed by atoms with Gasteiger partial charge >= 0.3 is 66.6 Å². The van der Waals surface area contributed by atoms with Gasteiger partial charge in [0.15, 0.2) is 0 Å². The minimum absolute atomic E-state index is 0. The quantitative estimate of drug-likeness (QED) is 0.121. The van der Waals surface area contributed by atoms with Crippen LogP contribution < -0.4 is 45.7 Å². The smallest absolute Gasteiger partial charge is 0.416 e. The Morgan fingerprint density at radius 2 is 0.781 bits per heavy atom. The molecule has 2 fully saturated rings. The van der Waals surface area contributed by atoms with Crippen molar-refractivity contribution in [2.24, 2.45) is 11.8 Å². The van der Waals surface area contributed by atoms with Gasteiger partial charge in [-0.3, -0.25) is 0 Å². The van der Waals surface area contributed by atoms with Gasteiger partial charge in [-0.25, -0.2) is 0 Å². The predicted molar refractivity (Wildman–Crippen MR) is 216 cm³/mol. The normalized spacial score (nSPS) is 17.3. The van der Waals surface area contributed by atoms with Crippen molar-refractivity contribution in [1.82, 2.24) is 0 Å². The van der Waals surface area contributed by atoms with E-state index in [2.05, 4.69) is 37.4 Å². The van der Waals surface area contributed by atoms with Crippen molar-refractivity contribution in [3.63, 3.8) is 0 Å². The molecule has 4 aliphatic carbocycles. The zero-order chi connectivity index (χ0) is 45.2. The maximum atomic E-state index is 13.2. The summed E-state index contributed by atoms with van der Waals surface area (Å²) in [4.78, 5) is 0. The fraction of sp³-hybridized carbons (Fsp3) is 0.333. The number of hydrogen-bond acceptors (Lipinski definition) is 0. The third kappa shape index (κ3) is 13.9. The summed E-state index contributed by atoms with van der Waals surface area (Å²) in [6.45, 7) is 4.62. The average Bonchev–Trinajstić information content (AvgIpc) is 4.01. The van der Waals surface area contributed by atoms with E-state index in [1.165, 1.54) is 0 Å². The van der Waals surface area contributed by atoms with Gasteiger partial charge in [-0.15, -0.1) is 80.6 Å². The molecule has 0 nitrogen and oxygen atoms in total. The molecule has 4 aromatic carbocycles. The number of rotatable bonds is 4. The predicted octanol–water partition coefficient (Wildman–Crippen LogP) is 6.71. The third-order valence-corrected chi connectivity index (χ3v) is 10.8. The van der Waals surface area contributed by atoms with E-state index in [1.807, 2.05) is 0 Å². The molecular weight excluding hydrogens is 995 g/mol. The van der Waals surface area contributed by atoms with Gasteiger partial charge in [0.05, 0.1) is 22.3 Å². The molecule has 8 rings (SSSR count). The number of allylic oxidation sites excluding steroid dienone is 4. The van der Waals surface area contributed by atoms with E-state index in [0.717, 1.165) is 86.8 Å². The molecular formula is C48H40Cl2F12SiZr-2. The van der Waals surface area contributed by atoms with E-state index in [1.54, 1.807) is 71.9 Å². The van der Waals surface area contributed by atoms with E-state index in [0.29, 0.717) is 43.8 Å². The molecule has 4 aliphatic rings. The van der Waals surface area contributed by atoms with Gasteiger partial charge in [0, 0.05) is 0 Å². The van der Waals surface area contributed by atoms with Crippen LogP contribution in [0, 0.1) is 11.8 Å². The summed E-state index contributed by atoms with van der Waals surface area (Å²) in [5.41, 5.74) is -2.91. The van der Waals surface area contributed by atoms with E-state index in [4.69, 9.17) is 0 Å². The Balaban J connectivity index is 0.000000252. The molecule has 0 N–H and O–H groups in total. The summed E-state index contributed by atoms with van der Waals surface area (Å²) in [6.07, 6.45) is 3.77. The Hall–Kier alpha value is -3.32. The van der Waals surface area contributed by atoms with Crippen LogP contribution in [-0.4, -0.2) is 5.43 Å². The molecule has 0 aliphatic heterocycles. The van der Waals surface area contributed by atoms with Gasteiger partial charge in [0.1, 0.15) is 0 Å². The second-order valence-electron chi connectivity index (χ2n) is 16.0. The van der Waals surface area contributed by atoms with Crippen LogP contribution in [0.15, 0.2) is 96.1 Å². The van der Waals surface area contributed by atoms with Crippen LogP contribution in [0.4, 0.5) is 52.7 Å². The van der Waals surface area contributed by atoms with Crippen LogP contribution in [0.25, 0.3) is 46.6 Å². The average molecular weight is 1040 g/mol. The van der Waals surface area contributed by atoms with Gasteiger partial charge in [-0.1, -0.05) is 86.8 Å². The number of hydrogen-bond donors (Lipinski definition) is 0. The monoisotopic (exact) mass is 1030 g/mol. The number of alkyl halides is 12. The van der Waals surface area contributed by atoms with Crippen LogP contribution in [-0.2, 0) is 48.0 Å². The summed E-state index contributed by atoms with van der Waals surface area (Å²) >= 11 is 1.74. The Bertz CT molecular complexity index is 2400. The number of fused-ring (bicyclic) bond motifs is 2. The maximum absolute atomic E-state index is 13.2. The molecule has 340 valence electrons. The summed E-state index contributed by atoms with van der Waals surface area (Å²) in [6, 6.07) is 13.3. The van der Waals surface area contributed by atoms with Crippen molar-refractivity contribution >= 4 is 29.7 Å². The van der Waals surface area contributed by atoms with Crippen molar-refractivity contribution in [2.45, 2.75) is 89.2 Å². The van der Waals surface area contributed by atoms with Gasteiger partial charge < -0.3 is 24.8 Å². The van der Waals surface area contributed by atoms with Crippen molar-refractivity contribution in [3.05, 3.63) is 139 Å². The fourth-order valence-electron chi connectivity index (χ4n) is 8.01. The van der Waals surface area contributed by atoms with Crippen molar-refractivity contribution < 1.29 is 101 Å². The van der Waals surface area contributed by atoms with E-state index in [9.17, 15) is 52.7 Å². The summed E-state index contributed by atoms with van der Waals surface area (Å²) in [5.74, 6) is 0.883. The van der Waals surface area contributed by atoms with Crippen molar-refractivity contribution in [1.29, 1.82) is 0 Å². The third-order valence-electron chi connectivity index (χ3n) is 10.8. The van der Waals surface area contributed by atoms with Gasteiger partial charge in [0.2, 0.25) is 0 Å². The molecule has 2 saturated carbocycles. The largest absolute Gasteiger partial charge is 1.00 e. The second kappa shape index (κ2) is 21.5. The van der Waals surface area contributed by atoms with Gasteiger partial charge in [0.25, 0.3) is 0 Å². The Morgan fingerprint density at radius 1 is 0.500 bits per heavy atom. The summed E-state index contributed by atoms with van der Waals surface area (Å²) in [5, 5.41) is 2.56. The fourth-order valence-corrected chi connectivity index (χ4v) is 8.01. The maximum Gasteiger partial charge on any atom is 0.416 e. The molecule has 0 bridgehead atoms. The molecule has 0 aromatic heterocycles. The van der Waals surface area contributed by atoms with Crippen LogP contribution in [0.5, 0.6) is 0 Å². The van der Waals surface area contributed by atoms with Gasteiger partial charge in [-0.05, 0) is 59.4 Å². The van der Waals surface area contributed by atoms with Crippen molar-refractivity contribution in [2.75, 3.05) is 0 Å². The minimum atomic E-state index is -4.87. The van der Waals surface area contributed by atoms with Crippen molar-refractivity contribution in [3.8, 4) is 22.3 Å². The standard InChI is InChI=1S/2C23H17F6.C2H6Si.2ClH.Zr/c2*24-22(25,26)18-11-17(12-19(13-18)23(27,28)29)20-7-3-6-16-9-15(10-21(16)20)8-14-4-1-2-5-14;1-3-2;;;/h2*3,6-8,10-14H,1-2,4-5H2;1-2H3;2*1H;/q2*-1;;;;+2/p-2.